The Bertz CT molecular complexity index is 1920. The second-order valence-electron chi connectivity index (χ2n) is 15.3. The van der Waals surface area contributed by atoms with Gasteiger partial charge in [-0.2, -0.15) is 13.2 Å². The zero-order valence-corrected chi connectivity index (χ0v) is 36.9. The number of hydrogen-bond acceptors (Lipinski definition) is 5. The van der Waals surface area contributed by atoms with E-state index in [4.69, 9.17) is 33.1 Å². The number of nitrogens with zero attached hydrogens (tertiary/aromatic N) is 4. The van der Waals surface area contributed by atoms with Crippen molar-refractivity contribution in [3.8, 4) is 0 Å². The Morgan fingerprint density at radius 3 is 1.52 bits per heavy atom. The molecule has 0 saturated heterocycles. The molecule has 0 radical (unpaired) electrons. The number of alkyl halides is 5. The van der Waals surface area contributed by atoms with E-state index in [0.29, 0.717) is 0 Å². The molecule has 0 N–H and O–H groups in total. The summed E-state index contributed by atoms with van der Waals surface area (Å²) < 4.78 is 33.7. The van der Waals surface area contributed by atoms with Crippen molar-refractivity contribution in [2.75, 3.05) is 76.4 Å². The molecular formula is C41H53Cl2F3N4O2Si2. The molecule has 1 aliphatic carbocycles. The summed E-state index contributed by atoms with van der Waals surface area (Å²) in [4.78, 5) is 15.4. The monoisotopic (exact) mass is 816 g/mol. The van der Waals surface area contributed by atoms with E-state index in [2.05, 4.69) is 181 Å². The van der Waals surface area contributed by atoms with Gasteiger partial charge in [0.15, 0.2) is 5.71 Å². The number of hydrogen-bond donors (Lipinski definition) is 0. The minimum Gasteiger partial charge on any atom is -0.542 e. The first kappa shape index (κ1) is 44.6. The molecule has 54 heavy (non-hydrogen) atoms. The van der Waals surface area contributed by atoms with Gasteiger partial charge in [0.2, 0.25) is 0 Å². The normalized spacial score (nSPS) is 15.3. The Labute approximate surface area is 331 Å². The molecule has 0 fully saturated rings. The lowest BCUT2D eigenvalue weighted by atomic mass is 10.0. The van der Waals surface area contributed by atoms with Gasteiger partial charge in [0.1, 0.15) is 36.2 Å². The molecule has 0 spiro atoms. The summed E-state index contributed by atoms with van der Waals surface area (Å²) in [5.74, 6) is -3.01. The second-order valence-corrected chi connectivity index (χ2v) is 24.7. The van der Waals surface area contributed by atoms with Crippen LogP contribution in [0.5, 0.6) is 0 Å². The maximum Gasteiger partial charge on any atom is 0.430 e. The van der Waals surface area contributed by atoms with E-state index in [1.54, 1.807) is 20.8 Å². The van der Waals surface area contributed by atoms with Crippen LogP contribution in [-0.4, -0.2) is 100 Å². The molecule has 2 aliphatic heterocycles. The van der Waals surface area contributed by atoms with Gasteiger partial charge in [0, 0.05) is 71.5 Å². The fourth-order valence-electron chi connectivity index (χ4n) is 6.80. The highest BCUT2D eigenvalue weighted by Crippen LogP contribution is 2.34. The van der Waals surface area contributed by atoms with Crippen LogP contribution in [0.15, 0.2) is 83.6 Å². The first-order valence-corrected chi connectivity index (χ1v) is 24.5. The van der Waals surface area contributed by atoms with Gasteiger partial charge in [-0.3, -0.25) is 0 Å². The number of anilines is 3. The van der Waals surface area contributed by atoms with Gasteiger partial charge in [-0.05, 0) is 98.0 Å². The molecule has 0 unspecified atom stereocenters. The predicted octanol–water partition coefficient (Wildman–Crippen LogP) is 6.08. The van der Waals surface area contributed by atoms with Gasteiger partial charge in [-0.15, -0.1) is 23.2 Å². The number of fused-ring (bicyclic) bond motifs is 4. The van der Waals surface area contributed by atoms with Crippen LogP contribution in [0.4, 0.5) is 30.2 Å². The van der Waals surface area contributed by atoms with E-state index in [1.807, 2.05) is 0 Å². The number of rotatable bonds is 3. The minimum atomic E-state index is -5.19. The summed E-state index contributed by atoms with van der Waals surface area (Å²) >= 11 is 9.53. The molecule has 2 heterocycles. The molecule has 3 aliphatic rings. The lowest BCUT2D eigenvalue weighted by Crippen LogP contribution is -2.58. The van der Waals surface area contributed by atoms with E-state index in [0.717, 1.165) is 6.42 Å². The zero-order valence-electron chi connectivity index (χ0n) is 33.4. The van der Waals surface area contributed by atoms with E-state index < -0.39 is 28.3 Å². The Morgan fingerprint density at radius 2 is 1.13 bits per heavy atom. The molecule has 13 heteroatoms. The number of allylic oxidation sites excluding steroid dienone is 5. The van der Waals surface area contributed by atoms with Crippen LogP contribution >= 0.6 is 23.2 Å². The molecule has 6 nitrogen and oxygen atoms in total. The number of carbonyl (C=O) groups excluding carboxylic acids is 1. The molecule has 0 aromatic heterocycles. The maximum absolute atomic E-state index is 10.5. The summed E-state index contributed by atoms with van der Waals surface area (Å²) in [5.41, 5.74) is 11.0. The van der Waals surface area contributed by atoms with Crippen molar-refractivity contribution in [2.45, 2.75) is 38.8 Å². The molecule has 0 amide bonds. The van der Waals surface area contributed by atoms with Crippen molar-refractivity contribution in [1.82, 2.24) is 0 Å². The highest BCUT2D eigenvalue weighted by atomic mass is 35.5. The van der Waals surface area contributed by atoms with Crippen LogP contribution in [0.25, 0.3) is 6.08 Å². The summed E-state index contributed by atoms with van der Waals surface area (Å²) in [7, 11) is 13.6. The number of carboxylic acids is 1. The molecule has 3 aromatic rings. The third-order valence-corrected chi connectivity index (χ3v) is 17.1. The first-order chi connectivity index (χ1) is 25.0. The predicted molar refractivity (Wildman–Crippen MR) is 229 cm³/mol. The van der Waals surface area contributed by atoms with E-state index in [-0.39, 0.29) is 5.34 Å². The fourth-order valence-corrected chi connectivity index (χ4v) is 13.1. The minimum absolute atomic E-state index is 0.194. The number of carboxylic acid groups (broad SMARTS) is 1. The third kappa shape index (κ3) is 10.3. The third-order valence-electron chi connectivity index (χ3n) is 9.94. The standard InChI is InChI=1S/C19H26N2Si.C19H25N2Si.C2HF3O2.CH2Cl2/c2*1-20(2)16-9-7-14-11-15-8-10-17(21(3)4)13-19(15)22(5,6)18(14)12-16;3-2(4,5)1(6)7;2-1-3/h7-10,12-13H,11H2,1-6H3;7-13H,1-6H3;(H,6,7);1H2/q;+1;;/p-1. The van der Waals surface area contributed by atoms with Crippen molar-refractivity contribution < 1.29 is 27.6 Å². The average Bonchev–Trinajstić information content (AvgIpc) is 3.08. The lowest BCUT2D eigenvalue weighted by molar-refractivity contribution is -0.462. The number of halogens is 5. The van der Waals surface area contributed by atoms with Crippen molar-refractivity contribution in [3.63, 3.8) is 0 Å². The SMILES string of the molecule is CN(C)c1ccc2c(c1)[Si](C)(C)C1=CC(=[N+](C)C)C=CC1=C2.CN(C)c1ccc2c(c1)[Si](C)(C)c1cc(N(C)C)ccc1C2.ClCCl.O=C([O-])C(F)(F)F. The molecule has 292 valence electrons. The topological polar surface area (TPSA) is 52.9 Å². The largest absolute Gasteiger partial charge is 0.542 e. The first-order valence-electron chi connectivity index (χ1n) is 17.5. The molecule has 0 saturated carbocycles. The van der Waals surface area contributed by atoms with Crippen molar-refractivity contribution in [1.29, 1.82) is 0 Å². The molecule has 0 atom stereocenters. The van der Waals surface area contributed by atoms with Crippen LogP contribution in [0.2, 0.25) is 26.2 Å². The van der Waals surface area contributed by atoms with Crippen LogP contribution in [0, 0.1) is 0 Å². The van der Waals surface area contributed by atoms with Crippen molar-refractivity contribution >= 4 is 89.7 Å². The number of carbonyl (C=O) groups is 1. The Morgan fingerprint density at radius 1 is 0.722 bits per heavy atom. The smallest absolute Gasteiger partial charge is 0.430 e. The highest BCUT2D eigenvalue weighted by Gasteiger charge is 2.37. The summed E-state index contributed by atoms with van der Waals surface area (Å²) in [6.45, 7) is 9.92. The number of benzene rings is 3. The summed E-state index contributed by atoms with van der Waals surface area (Å²) in [6.07, 6.45) is 5.12. The van der Waals surface area contributed by atoms with E-state index >= 15 is 0 Å². The fraction of sp³-hybridized carbons (Fsp3) is 0.366. The van der Waals surface area contributed by atoms with Crippen LogP contribution in [0.3, 0.4) is 0 Å². The Kier molecular flexibility index (Phi) is 14.7. The van der Waals surface area contributed by atoms with Crippen molar-refractivity contribution in [3.05, 3.63) is 100 Å². The Balaban J connectivity index is 0.000000233. The van der Waals surface area contributed by atoms with Gasteiger partial charge >= 0.3 is 6.18 Å². The van der Waals surface area contributed by atoms with Gasteiger partial charge < -0.3 is 24.6 Å². The molecule has 6 rings (SSSR count). The van der Waals surface area contributed by atoms with Crippen LogP contribution in [-0.2, 0) is 11.2 Å². The second kappa shape index (κ2) is 17.8. The lowest BCUT2D eigenvalue weighted by Gasteiger charge is -2.35. The quantitative estimate of drug-likeness (QED) is 0.183. The van der Waals surface area contributed by atoms with E-state index in [1.165, 1.54) is 45.0 Å². The highest BCUT2D eigenvalue weighted by molar-refractivity contribution is 7.01. The molecule has 0 bridgehead atoms. The maximum atomic E-state index is 10.5. The Hall–Kier alpha value is -3.78. The number of aliphatic carboxylic acids is 1. The molecular weight excluding hydrogens is 765 g/mol. The van der Waals surface area contributed by atoms with E-state index in [9.17, 15) is 13.2 Å². The summed E-state index contributed by atoms with van der Waals surface area (Å²) in [6, 6.07) is 20.9. The van der Waals surface area contributed by atoms with Crippen LogP contribution < -0.4 is 35.4 Å². The van der Waals surface area contributed by atoms with Gasteiger partial charge in [0.25, 0.3) is 0 Å². The molecule has 3 aromatic carbocycles. The average molecular weight is 818 g/mol. The summed E-state index contributed by atoms with van der Waals surface area (Å²) in [5, 5.41) is 15.3. The van der Waals surface area contributed by atoms with Crippen molar-refractivity contribution in [2.24, 2.45) is 0 Å². The van der Waals surface area contributed by atoms with Gasteiger partial charge in [0.05, 0.1) is 5.34 Å². The zero-order chi connectivity index (χ0) is 40.9. The van der Waals surface area contributed by atoms with Gasteiger partial charge in [-0.1, -0.05) is 44.4 Å². The van der Waals surface area contributed by atoms with Gasteiger partial charge in [-0.25, -0.2) is 4.58 Å². The van der Waals surface area contributed by atoms with Crippen LogP contribution in [0.1, 0.15) is 16.7 Å².